The van der Waals surface area contributed by atoms with E-state index in [1.165, 1.54) is 0 Å². The molecule has 0 aliphatic rings. The summed E-state index contributed by atoms with van der Waals surface area (Å²) < 4.78 is 7.03. The van der Waals surface area contributed by atoms with Crippen LogP contribution in [0.2, 0.25) is 0 Å². The molecule has 1 N–H and O–H groups in total. The summed E-state index contributed by atoms with van der Waals surface area (Å²) in [4.78, 5) is 12.1. The van der Waals surface area contributed by atoms with E-state index in [4.69, 9.17) is 4.74 Å². The van der Waals surface area contributed by atoms with Crippen LogP contribution in [0.1, 0.15) is 12.5 Å². The van der Waals surface area contributed by atoms with Crippen molar-refractivity contribution in [2.45, 2.75) is 13.5 Å². The minimum Gasteiger partial charge on any atom is -0.497 e. The van der Waals surface area contributed by atoms with E-state index in [-0.39, 0.29) is 12.5 Å². The van der Waals surface area contributed by atoms with E-state index in [1.807, 2.05) is 72.3 Å². The lowest BCUT2D eigenvalue weighted by Gasteiger charge is -2.06. The second-order valence-electron chi connectivity index (χ2n) is 5.46. The second kappa shape index (κ2) is 7.00. The number of rotatable bonds is 5. The number of carbonyl (C=O) groups is 1. The second-order valence-corrected chi connectivity index (χ2v) is 5.46. The summed E-state index contributed by atoms with van der Waals surface area (Å²) in [6, 6.07) is 17.5. The number of nitrogens with one attached hydrogen (secondary N) is 1. The maximum atomic E-state index is 12.1. The fraction of sp³-hybridized carbons (Fsp3) is 0.158. The number of carbonyl (C=O) groups excluding carboxylic acids is 1. The monoisotopic (exact) mass is 321 g/mol. The van der Waals surface area contributed by atoms with E-state index < -0.39 is 0 Å². The zero-order valence-corrected chi connectivity index (χ0v) is 13.7. The summed E-state index contributed by atoms with van der Waals surface area (Å²) in [5.74, 6) is 0.624. The van der Waals surface area contributed by atoms with Gasteiger partial charge in [0.05, 0.1) is 12.8 Å². The third kappa shape index (κ3) is 3.46. The van der Waals surface area contributed by atoms with E-state index in [9.17, 15) is 4.79 Å². The maximum absolute atomic E-state index is 12.1. The van der Waals surface area contributed by atoms with E-state index in [1.54, 1.807) is 7.11 Å². The van der Waals surface area contributed by atoms with Gasteiger partial charge in [-0.25, -0.2) is 5.43 Å². The third-order valence-corrected chi connectivity index (χ3v) is 3.85. The van der Waals surface area contributed by atoms with Gasteiger partial charge in [-0.05, 0) is 54.3 Å². The average molecular weight is 321 g/mol. The van der Waals surface area contributed by atoms with Crippen LogP contribution in [0.25, 0.3) is 10.9 Å². The van der Waals surface area contributed by atoms with E-state index in [0.717, 1.165) is 27.9 Å². The topological polar surface area (TPSA) is 55.6 Å². The van der Waals surface area contributed by atoms with Crippen molar-refractivity contribution in [3.05, 3.63) is 66.4 Å². The summed E-state index contributed by atoms with van der Waals surface area (Å²) in [5, 5.41) is 5.29. The Hall–Kier alpha value is -3.08. The Morgan fingerprint density at radius 3 is 2.62 bits per heavy atom. The summed E-state index contributed by atoms with van der Waals surface area (Å²) in [7, 11) is 1.63. The Morgan fingerprint density at radius 1 is 1.12 bits per heavy atom. The van der Waals surface area contributed by atoms with Crippen LogP contribution >= 0.6 is 0 Å². The molecule has 2 aromatic carbocycles. The Morgan fingerprint density at radius 2 is 1.88 bits per heavy atom. The lowest BCUT2D eigenvalue weighted by atomic mass is 10.1. The quantitative estimate of drug-likeness (QED) is 0.579. The highest BCUT2D eigenvalue weighted by molar-refractivity contribution is 5.99. The van der Waals surface area contributed by atoms with Crippen LogP contribution in [0, 0.1) is 0 Å². The van der Waals surface area contributed by atoms with Crippen molar-refractivity contribution in [1.82, 2.24) is 9.99 Å². The molecule has 0 aliphatic carbocycles. The van der Waals surface area contributed by atoms with Gasteiger partial charge in [0.15, 0.2) is 0 Å². The number of methoxy groups -OCH3 is 1. The van der Waals surface area contributed by atoms with Crippen molar-refractivity contribution >= 4 is 22.5 Å². The number of hydrogen-bond donors (Lipinski definition) is 1. The predicted molar refractivity (Wildman–Crippen MR) is 95.3 cm³/mol. The van der Waals surface area contributed by atoms with Crippen LogP contribution in [-0.2, 0) is 11.3 Å². The first-order valence-electron chi connectivity index (χ1n) is 7.69. The van der Waals surface area contributed by atoms with Gasteiger partial charge in [0.2, 0.25) is 0 Å². The molecule has 0 spiro atoms. The van der Waals surface area contributed by atoms with Crippen LogP contribution in [0.3, 0.4) is 0 Å². The molecule has 0 aliphatic heterocycles. The molecule has 0 bridgehead atoms. The van der Waals surface area contributed by atoms with Gasteiger partial charge in [-0.2, -0.15) is 5.10 Å². The van der Waals surface area contributed by atoms with Gasteiger partial charge in [-0.15, -0.1) is 0 Å². The molecule has 1 amide bonds. The summed E-state index contributed by atoms with van der Waals surface area (Å²) in [6.07, 6.45) is 1.91. The fourth-order valence-electron chi connectivity index (χ4n) is 2.51. The SMILES string of the molecule is COc1ccc(/C(C)=N\NC(=O)Cn2ccc3ccccc32)cc1. The largest absolute Gasteiger partial charge is 0.497 e. The molecular formula is C19H19N3O2. The van der Waals surface area contributed by atoms with Crippen LogP contribution in [-0.4, -0.2) is 23.3 Å². The lowest BCUT2D eigenvalue weighted by molar-refractivity contribution is -0.121. The Labute approximate surface area is 140 Å². The molecular weight excluding hydrogens is 302 g/mol. The number of amides is 1. The zero-order valence-electron chi connectivity index (χ0n) is 13.7. The van der Waals surface area contributed by atoms with E-state index >= 15 is 0 Å². The molecule has 5 heteroatoms. The van der Waals surface area contributed by atoms with Gasteiger partial charge in [0.25, 0.3) is 5.91 Å². The van der Waals surface area contributed by atoms with Crippen molar-refractivity contribution in [3.63, 3.8) is 0 Å². The van der Waals surface area contributed by atoms with Crippen molar-refractivity contribution in [2.24, 2.45) is 5.10 Å². The number of benzene rings is 2. The molecule has 0 saturated carbocycles. The van der Waals surface area contributed by atoms with Crippen LogP contribution in [0.4, 0.5) is 0 Å². The Balaban J connectivity index is 1.65. The molecule has 3 aromatic rings. The molecule has 0 radical (unpaired) electrons. The number of ether oxygens (including phenoxy) is 1. The molecule has 24 heavy (non-hydrogen) atoms. The van der Waals surface area contributed by atoms with Crippen molar-refractivity contribution < 1.29 is 9.53 Å². The lowest BCUT2D eigenvalue weighted by Crippen LogP contribution is -2.23. The van der Waals surface area contributed by atoms with Gasteiger partial charge in [-0.3, -0.25) is 4.79 Å². The smallest absolute Gasteiger partial charge is 0.259 e. The summed E-state index contributed by atoms with van der Waals surface area (Å²) in [5.41, 5.74) is 5.31. The first kappa shape index (κ1) is 15.8. The van der Waals surface area contributed by atoms with Crippen molar-refractivity contribution in [1.29, 1.82) is 0 Å². The number of aromatic nitrogens is 1. The zero-order chi connectivity index (χ0) is 16.9. The van der Waals surface area contributed by atoms with Gasteiger partial charge in [0, 0.05) is 11.7 Å². The van der Waals surface area contributed by atoms with Crippen LogP contribution in [0.5, 0.6) is 5.75 Å². The van der Waals surface area contributed by atoms with E-state index in [0.29, 0.717) is 0 Å². The highest BCUT2D eigenvalue weighted by atomic mass is 16.5. The highest BCUT2D eigenvalue weighted by Gasteiger charge is 2.06. The number of hydrazone groups is 1. The standard InChI is InChI=1S/C19H19N3O2/c1-14(15-7-9-17(24-2)10-8-15)20-21-19(23)13-22-12-11-16-5-3-4-6-18(16)22/h3-12H,13H2,1-2H3,(H,21,23)/b20-14-. The number of hydrogen-bond acceptors (Lipinski definition) is 3. The van der Waals surface area contributed by atoms with E-state index in [2.05, 4.69) is 10.5 Å². The van der Waals surface area contributed by atoms with Crippen molar-refractivity contribution in [3.8, 4) is 5.75 Å². The molecule has 0 saturated heterocycles. The highest BCUT2D eigenvalue weighted by Crippen LogP contribution is 2.15. The van der Waals surface area contributed by atoms with Gasteiger partial charge < -0.3 is 9.30 Å². The Bertz CT molecular complexity index is 879. The molecule has 3 rings (SSSR count). The third-order valence-electron chi connectivity index (χ3n) is 3.85. The maximum Gasteiger partial charge on any atom is 0.259 e. The first-order valence-corrected chi connectivity index (χ1v) is 7.69. The molecule has 5 nitrogen and oxygen atoms in total. The Kier molecular flexibility index (Phi) is 4.61. The number of nitrogens with zero attached hydrogens (tertiary/aromatic N) is 2. The van der Waals surface area contributed by atoms with Crippen LogP contribution in [0.15, 0.2) is 65.9 Å². The first-order chi connectivity index (χ1) is 11.7. The number of para-hydroxylation sites is 1. The van der Waals surface area contributed by atoms with Gasteiger partial charge >= 0.3 is 0 Å². The van der Waals surface area contributed by atoms with Crippen molar-refractivity contribution in [2.75, 3.05) is 7.11 Å². The minimum absolute atomic E-state index is 0.163. The van der Waals surface area contributed by atoms with Crippen LogP contribution < -0.4 is 10.2 Å². The minimum atomic E-state index is -0.163. The predicted octanol–water partition coefficient (Wildman–Crippen LogP) is 3.19. The average Bonchev–Trinajstić information content (AvgIpc) is 3.03. The molecule has 0 unspecified atom stereocenters. The molecule has 1 aromatic heterocycles. The van der Waals surface area contributed by atoms with Gasteiger partial charge in [-0.1, -0.05) is 18.2 Å². The molecule has 1 heterocycles. The summed E-state index contributed by atoms with van der Waals surface area (Å²) >= 11 is 0. The molecule has 0 atom stereocenters. The number of fused-ring (bicyclic) bond motifs is 1. The fourth-order valence-corrected chi connectivity index (χ4v) is 2.51. The normalized spacial score (nSPS) is 11.5. The van der Waals surface area contributed by atoms with Gasteiger partial charge in [0.1, 0.15) is 12.3 Å². The molecule has 122 valence electrons. The summed E-state index contributed by atoms with van der Waals surface area (Å²) in [6.45, 7) is 2.08. The molecule has 0 fully saturated rings.